The monoisotopic (exact) mass is 388 g/mol. The average molecular weight is 388 g/mol. The summed E-state index contributed by atoms with van der Waals surface area (Å²) in [4.78, 5) is 4.34. The summed E-state index contributed by atoms with van der Waals surface area (Å²) >= 11 is 0. The van der Waals surface area contributed by atoms with Gasteiger partial charge in [0.05, 0.1) is 18.1 Å². The van der Waals surface area contributed by atoms with Gasteiger partial charge >= 0.3 is 0 Å². The Morgan fingerprint density at radius 1 is 1.19 bits per heavy atom. The Hall–Kier alpha value is -1.80. The molecule has 1 spiro atoms. The molecule has 27 heavy (non-hydrogen) atoms. The topological polar surface area (TPSA) is 68.7 Å². The predicted molar refractivity (Wildman–Crippen MR) is 101 cm³/mol. The van der Waals surface area contributed by atoms with Gasteiger partial charge in [-0.1, -0.05) is 17.7 Å². The zero-order valence-corrected chi connectivity index (χ0v) is 16.2. The molecule has 0 aliphatic carbocycles. The number of sulfonamides is 1. The molecule has 7 heteroatoms. The molecule has 1 atom stereocenters. The molecular formula is C20H24N2O4S. The Balaban J connectivity index is 1.36. The van der Waals surface area contributed by atoms with Crippen molar-refractivity contribution in [3.63, 3.8) is 0 Å². The fourth-order valence-corrected chi connectivity index (χ4v) is 5.30. The quantitative estimate of drug-likeness (QED) is 0.760. The lowest BCUT2D eigenvalue weighted by molar-refractivity contribution is -0.115. The summed E-state index contributed by atoms with van der Waals surface area (Å²) in [5.74, 6) is 0.212. The Labute approximate surface area is 160 Å². The number of pyridine rings is 1. The van der Waals surface area contributed by atoms with Crippen molar-refractivity contribution >= 4 is 10.0 Å². The molecular weight excluding hydrogens is 364 g/mol. The number of aryl methyl sites for hydroxylation is 1. The maximum atomic E-state index is 12.8. The minimum absolute atomic E-state index is 0.212. The van der Waals surface area contributed by atoms with Crippen LogP contribution in [-0.2, 0) is 26.1 Å². The van der Waals surface area contributed by atoms with Crippen LogP contribution >= 0.6 is 0 Å². The molecule has 3 heterocycles. The van der Waals surface area contributed by atoms with Crippen molar-refractivity contribution in [2.24, 2.45) is 5.92 Å². The van der Waals surface area contributed by atoms with Crippen molar-refractivity contribution in [3.05, 3.63) is 59.9 Å². The first-order valence-electron chi connectivity index (χ1n) is 9.17. The highest BCUT2D eigenvalue weighted by atomic mass is 32.2. The molecule has 2 fully saturated rings. The van der Waals surface area contributed by atoms with Gasteiger partial charge in [-0.3, -0.25) is 4.98 Å². The van der Waals surface area contributed by atoms with Crippen LogP contribution in [0.4, 0.5) is 0 Å². The molecule has 2 aromatic rings. The van der Waals surface area contributed by atoms with E-state index in [2.05, 4.69) is 4.98 Å². The van der Waals surface area contributed by atoms with E-state index in [1.807, 2.05) is 31.2 Å². The molecule has 0 saturated carbocycles. The number of hydrogen-bond donors (Lipinski definition) is 0. The van der Waals surface area contributed by atoms with Gasteiger partial charge in [-0.15, -0.1) is 0 Å². The third kappa shape index (κ3) is 3.65. The summed E-state index contributed by atoms with van der Waals surface area (Å²) in [5, 5.41) is 0. The second-order valence-corrected chi connectivity index (χ2v) is 9.29. The summed E-state index contributed by atoms with van der Waals surface area (Å²) in [7, 11) is -3.46. The van der Waals surface area contributed by atoms with Gasteiger partial charge in [-0.05, 0) is 43.2 Å². The van der Waals surface area contributed by atoms with Gasteiger partial charge in [0, 0.05) is 38.0 Å². The minimum atomic E-state index is -3.46. The summed E-state index contributed by atoms with van der Waals surface area (Å²) in [5.41, 5.74) is 1.71. The first-order chi connectivity index (χ1) is 13.0. The zero-order chi connectivity index (χ0) is 18.9. The molecule has 144 valence electrons. The van der Waals surface area contributed by atoms with E-state index in [0.717, 1.165) is 17.5 Å². The number of benzene rings is 1. The third-order valence-corrected chi connectivity index (χ3v) is 7.29. The van der Waals surface area contributed by atoms with Gasteiger partial charge < -0.3 is 9.47 Å². The fraction of sp³-hybridized carbons (Fsp3) is 0.450. The standard InChI is InChI=1S/C20H24N2O4S/c1-16-2-4-19(5-3-16)27(23,24)22-14-20(15-22)18(8-11-26-20)13-25-12-17-6-9-21-10-7-17/h2-7,9-10,18H,8,11-15H2,1H3/t18-/m1/s1. The van der Waals surface area contributed by atoms with Gasteiger partial charge in [-0.25, -0.2) is 8.42 Å². The van der Waals surface area contributed by atoms with Crippen LogP contribution in [0.5, 0.6) is 0 Å². The van der Waals surface area contributed by atoms with E-state index in [1.54, 1.807) is 24.5 Å². The zero-order valence-electron chi connectivity index (χ0n) is 15.4. The van der Waals surface area contributed by atoms with Gasteiger partial charge in [0.2, 0.25) is 10.0 Å². The van der Waals surface area contributed by atoms with E-state index in [4.69, 9.17) is 9.47 Å². The molecule has 0 bridgehead atoms. The number of ether oxygens (including phenoxy) is 2. The number of hydrogen-bond acceptors (Lipinski definition) is 5. The maximum Gasteiger partial charge on any atom is 0.243 e. The number of nitrogens with zero attached hydrogens (tertiary/aromatic N) is 2. The van der Waals surface area contributed by atoms with E-state index in [-0.39, 0.29) is 5.92 Å². The molecule has 0 radical (unpaired) electrons. The summed E-state index contributed by atoms with van der Waals surface area (Å²) < 4.78 is 39.0. The second kappa shape index (κ2) is 7.31. The minimum Gasteiger partial charge on any atom is -0.376 e. The number of aromatic nitrogens is 1. The maximum absolute atomic E-state index is 12.8. The lowest BCUT2D eigenvalue weighted by Crippen LogP contribution is -2.66. The Morgan fingerprint density at radius 3 is 2.59 bits per heavy atom. The molecule has 2 aliphatic heterocycles. The van der Waals surface area contributed by atoms with Crippen LogP contribution in [0.15, 0.2) is 53.7 Å². The van der Waals surface area contributed by atoms with Crippen LogP contribution in [0.2, 0.25) is 0 Å². The van der Waals surface area contributed by atoms with Crippen molar-refractivity contribution < 1.29 is 17.9 Å². The SMILES string of the molecule is Cc1ccc(S(=O)(=O)N2CC3(C2)OCC[C@@H]3COCc2ccncc2)cc1. The van der Waals surface area contributed by atoms with Crippen LogP contribution < -0.4 is 0 Å². The molecule has 0 unspecified atom stereocenters. The van der Waals surface area contributed by atoms with E-state index in [1.165, 1.54) is 4.31 Å². The molecule has 0 N–H and O–H groups in total. The fourth-order valence-electron chi connectivity index (χ4n) is 3.75. The van der Waals surface area contributed by atoms with Crippen LogP contribution in [0, 0.1) is 12.8 Å². The lowest BCUT2D eigenvalue weighted by Gasteiger charge is -2.49. The van der Waals surface area contributed by atoms with Crippen molar-refractivity contribution in [1.29, 1.82) is 0 Å². The Kier molecular flexibility index (Phi) is 5.03. The first-order valence-corrected chi connectivity index (χ1v) is 10.6. The third-order valence-electron chi connectivity index (χ3n) is 5.48. The van der Waals surface area contributed by atoms with Crippen molar-refractivity contribution in [2.75, 3.05) is 26.3 Å². The summed E-state index contributed by atoms with van der Waals surface area (Å²) in [6.07, 6.45) is 4.39. The summed E-state index contributed by atoms with van der Waals surface area (Å²) in [6.45, 7) is 4.49. The molecule has 1 aromatic carbocycles. The highest BCUT2D eigenvalue weighted by Gasteiger charge is 2.56. The smallest absolute Gasteiger partial charge is 0.243 e. The summed E-state index contributed by atoms with van der Waals surface area (Å²) in [6, 6.07) is 10.8. The van der Waals surface area contributed by atoms with Gasteiger partial charge in [0.15, 0.2) is 0 Å². The molecule has 0 amide bonds. The predicted octanol–water partition coefficient (Wildman–Crippen LogP) is 2.39. The average Bonchev–Trinajstić information content (AvgIpc) is 3.06. The second-order valence-electron chi connectivity index (χ2n) is 7.36. The van der Waals surface area contributed by atoms with Gasteiger partial charge in [0.25, 0.3) is 0 Å². The van der Waals surface area contributed by atoms with Gasteiger partial charge in [-0.2, -0.15) is 4.31 Å². The molecule has 4 rings (SSSR count). The highest BCUT2D eigenvalue weighted by molar-refractivity contribution is 7.89. The van der Waals surface area contributed by atoms with E-state index < -0.39 is 15.6 Å². The normalized spacial score (nSPS) is 22.0. The van der Waals surface area contributed by atoms with Crippen molar-refractivity contribution in [3.8, 4) is 0 Å². The van der Waals surface area contributed by atoms with Gasteiger partial charge in [0.1, 0.15) is 5.60 Å². The van der Waals surface area contributed by atoms with Crippen LogP contribution in [0.1, 0.15) is 17.5 Å². The van der Waals surface area contributed by atoms with E-state index in [9.17, 15) is 8.42 Å². The molecule has 1 aromatic heterocycles. The van der Waals surface area contributed by atoms with Crippen LogP contribution in [0.3, 0.4) is 0 Å². The Morgan fingerprint density at radius 2 is 1.89 bits per heavy atom. The van der Waals surface area contributed by atoms with E-state index in [0.29, 0.717) is 37.8 Å². The highest BCUT2D eigenvalue weighted by Crippen LogP contribution is 2.42. The molecule has 2 saturated heterocycles. The largest absolute Gasteiger partial charge is 0.376 e. The molecule has 6 nitrogen and oxygen atoms in total. The van der Waals surface area contributed by atoms with Crippen LogP contribution in [0.25, 0.3) is 0 Å². The van der Waals surface area contributed by atoms with Crippen molar-refractivity contribution in [1.82, 2.24) is 9.29 Å². The molecule has 2 aliphatic rings. The van der Waals surface area contributed by atoms with Crippen molar-refractivity contribution in [2.45, 2.75) is 30.4 Å². The van der Waals surface area contributed by atoms with E-state index >= 15 is 0 Å². The van der Waals surface area contributed by atoms with Crippen LogP contribution in [-0.4, -0.2) is 49.6 Å². The lowest BCUT2D eigenvalue weighted by atomic mass is 9.83. The number of rotatable bonds is 6. The Bertz CT molecular complexity index is 878. The first kappa shape index (κ1) is 18.6.